The molecule has 1 aliphatic heterocycles. The molecule has 1 unspecified atom stereocenters. The smallest absolute Gasteiger partial charge is 0.257 e. The lowest BCUT2D eigenvalue weighted by atomic mass is 9.86. The van der Waals surface area contributed by atoms with Crippen molar-refractivity contribution in [1.29, 1.82) is 0 Å². The number of amides is 1. The number of benzene rings is 3. The molecule has 0 aromatic heterocycles. The van der Waals surface area contributed by atoms with Crippen LogP contribution >= 0.6 is 0 Å². The highest BCUT2D eigenvalue weighted by Crippen LogP contribution is 2.43. The van der Waals surface area contributed by atoms with Crippen LogP contribution in [0.4, 0.5) is 5.69 Å². The number of carbonyl (C=O) groups excluding carboxylic acids is 1. The lowest BCUT2D eigenvalue weighted by Crippen LogP contribution is -2.49. The number of allylic oxidation sites excluding steroid dienone is 1. The third kappa shape index (κ3) is 7.82. The summed E-state index contributed by atoms with van der Waals surface area (Å²) in [4.78, 5) is 23.0. The molecule has 0 spiro atoms. The van der Waals surface area contributed by atoms with Crippen molar-refractivity contribution in [2.75, 3.05) is 32.2 Å². The maximum Gasteiger partial charge on any atom is 0.257 e. The summed E-state index contributed by atoms with van der Waals surface area (Å²) >= 11 is 0. The van der Waals surface area contributed by atoms with Crippen molar-refractivity contribution >= 4 is 11.6 Å². The molecule has 1 atom stereocenters. The van der Waals surface area contributed by atoms with E-state index in [9.17, 15) is 4.79 Å². The maximum absolute atomic E-state index is 13.2. The molecule has 3 aromatic rings. The number of hydroxylamine groups is 1. The largest absolute Gasteiger partial charge is 0.497 e. The second-order valence-electron chi connectivity index (χ2n) is 9.90. The van der Waals surface area contributed by atoms with Crippen LogP contribution in [0.15, 0.2) is 109 Å². The maximum atomic E-state index is 13.2. The fourth-order valence-electron chi connectivity index (χ4n) is 4.80. The predicted molar refractivity (Wildman–Crippen MR) is 157 cm³/mol. The third-order valence-corrected chi connectivity index (χ3v) is 6.85. The lowest BCUT2D eigenvalue weighted by molar-refractivity contribution is -0.119. The number of carbonyl (C=O) groups is 1. The quantitative estimate of drug-likeness (QED) is 0.107. The van der Waals surface area contributed by atoms with Gasteiger partial charge in [-0.3, -0.25) is 20.0 Å². The Kier molecular flexibility index (Phi) is 10.3. The Labute approximate surface area is 232 Å². The molecule has 1 amide bonds. The lowest BCUT2D eigenvalue weighted by Gasteiger charge is -2.43. The number of methoxy groups -OCH3 is 1. The van der Waals surface area contributed by atoms with Gasteiger partial charge in [0, 0.05) is 17.8 Å². The Hall–Kier alpha value is -3.87. The molecule has 0 saturated carbocycles. The van der Waals surface area contributed by atoms with Crippen molar-refractivity contribution in [3.63, 3.8) is 0 Å². The van der Waals surface area contributed by atoms with Crippen LogP contribution in [-0.4, -0.2) is 38.1 Å². The number of unbranched alkanes of at least 4 members (excludes halogenated alkanes) is 3. The summed E-state index contributed by atoms with van der Waals surface area (Å²) in [7, 11) is 3.80. The normalized spacial score (nSPS) is 15.9. The first-order valence-electron chi connectivity index (χ1n) is 13.6. The zero-order valence-corrected chi connectivity index (χ0v) is 23.0. The van der Waals surface area contributed by atoms with Gasteiger partial charge in [-0.2, -0.15) is 0 Å². The van der Waals surface area contributed by atoms with Gasteiger partial charge in [0.2, 0.25) is 0 Å². The predicted octanol–water partition coefficient (Wildman–Crippen LogP) is 6.44. The number of β-lactam (4-membered cyclic amide) rings is 1. The Morgan fingerprint density at radius 3 is 2.31 bits per heavy atom. The van der Waals surface area contributed by atoms with Gasteiger partial charge in [-0.25, -0.2) is 0 Å². The molecule has 1 saturated heterocycles. The molecule has 6 heteroatoms. The second kappa shape index (κ2) is 14.3. The summed E-state index contributed by atoms with van der Waals surface area (Å²) in [5.41, 5.74) is 7.38. The number of anilines is 1. The summed E-state index contributed by atoms with van der Waals surface area (Å²) in [5.74, 6) is 0.707. The molecule has 3 aromatic carbocycles. The van der Waals surface area contributed by atoms with Crippen LogP contribution in [0.5, 0.6) is 5.75 Å². The highest BCUT2D eigenvalue weighted by atomic mass is 16.6. The first-order valence-corrected chi connectivity index (χ1v) is 13.6. The number of nitrogens with zero attached hydrogens (tertiary/aromatic N) is 2. The Bertz CT molecular complexity index is 1230. The monoisotopic (exact) mass is 525 g/mol. The van der Waals surface area contributed by atoms with E-state index in [-0.39, 0.29) is 11.9 Å². The third-order valence-electron chi connectivity index (χ3n) is 6.85. The molecule has 204 valence electrons. The van der Waals surface area contributed by atoms with Gasteiger partial charge in [-0.1, -0.05) is 80.1 Å². The standard InChI is InChI=1S/C33H39N3O3/c1-26(34-39-23-13-5-4-12-22-35(2)25-27-14-8-6-9-15-27)24-31-32(28-16-10-7-11-17-28)36(33(31)37)29-18-20-30(38-3)21-19-29/h6-11,14-21,24,32,34H,1,4-5,12-13,22-23,25H2,2-3H3. The van der Waals surface area contributed by atoms with E-state index in [1.807, 2.05) is 54.6 Å². The summed E-state index contributed by atoms with van der Waals surface area (Å²) in [6.07, 6.45) is 6.21. The van der Waals surface area contributed by atoms with E-state index >= 15 is 0 Å². The highest BCUT2D eigenvalue weighted by Gasteiger charge is 2.43. The van der Waals surface area contributed by atoms with Gasteiger partial charge in [-0.05, 0) is 67.9 Å². The van der Waals surface area contributed by atoms with E-state index in [0.29, 0.717) is 17.9 Å². The van der Waals surface area contributed by atoms with Crippen LogP contribution in [-0.2, 0) is 16.2 Å². The number of hydrogen-bond acceptors (Lipinski definition) is 5. The Balaban J connectivity index is 1.20. The number of hydrogen-bond donors (Lipinski definition) is 1. The molecule has 1 fully saturated rings. The van der Waals surface area contributed by atoms with Crippen molar-refractivity contribution < 1.29 is 14.4 Å². The van der Waals surface area contributed by atoms with E-state index in [0.717, 1.165) is 42.9 Å². The molecule has 4 rings (SSSR count). The summed E-state index contributed by atoms with van der Waals surface area (Å²) < 4.78 is 5.27. The molecule has 1 aliphatic rings. The fourth-order valence-corrected chi connectivity index (χ4v) is 4.80. The average Bonchev–Trinajstić information content (AvgIpc) is 2.97. The van der Waals surface area contributed by atoms with E-state index in [1.165, 1.54) is 18.4 Å². The molecule has 1 N–H and O–H groups in total. The van der Waals surface area contributed by atoms with Crippen molar-refractivity contribution in [3.8, 4) is 5.75 Å². The van der Waals surface area contributed by atoms with Crippen LogP contribution in [0, 0.1) is 0 Å². The summed E-state index contributed by atoms with van der Waals surface area (Å²) in [5, 5.41) is 0. The minimum atomic E-state index is -0.189. The van der Waals surface area contributed by atoms with Crippen LogP contribution in [0.1, 0.15) is 42.9 Å². The molecule has 0 aliphatic carbocycles. The summed E-state index contributed by atoms with van der Waals surface area (Å²) in [6.45, 7) is 6.72. The van der Waals surface area contributed by atoms with Gasteiger partial charge in [0.05, 0.1) is 25.5 Å². The van der Waals surface area contributed by atoms with E-state index in [1.54, 1.807) is 18.1 Å². The average molecular weight is 526 g/mol. The Morgan fingerprint density at radius 1 is 0.949 bits per heavy atom. The molecular formula is C33H39N3O3. The molecule has 0 radical (unpaired) electrons. The van der Waals surface area contributed by atoms with Crippen molar-refractivity contribution in [2.24, 2.45) is 0 Å². The molecule has 0 bridgehead atoms. The minimum Gasteiger partial charge on any atom is -0.497 e. The fraction of sp³-hybridized carbons (Fsp3) is 0.303. The second-order valence-corrected chi connectivity index (χ2v) is 9.90. The number of rotatable bonds is 15. The zero-order valence-electron chi connectivity index (χ0n) is 23.0. The van der Waals surface area contributed by atoms with Crippen LogP contribution in [0.2, 0.25) is 0 Å². The minimum absolute atomic E-state index is 0.0470. The van der Waals surface area contributed by atoms with E-state index in [2.05, 4.69) is 54.3 Å². The Morgan fingerprint density at radius 2 is 1.62 bits per heavy atom. The zero-order chi connectivity index (χ0) is 27.5. The van der Waals surface area contributed by atoms with Gasteiger partial charge >= 0.3 is 0 Å². The molecule has 6 nitrogen and oxygen atoms in total. The van der Waals surface area contributed by atoms with E-state index in [4.69, 9.17) is 9.57 Å². The van der Waals surface area contributed by atoms with Gasteiger partial charge in [0.1, 0.15) is 5.75 Å². The molecule has 1 heterocycles. The first-order chi connectivity index (χ1) is 19.1. The van der Waals surface area contributed by atoms with Crippen molar-refractivity contribution in [3.05, 3.63) is 120 Å². The number of ether oxygens (including phenoxy) is 1. The van der Waals surface area contributed by atoms with Gasteiger partial charge in [-0.15, -0.1) is 0 Å². The first kappa shape index (κ1) is 28.1. The highest BCUT2D eigenvalue weighted by molar-refractivity contribution is 6.15. The van der Waals surface area contributed by atoms with Crippen molar-refractivity contribution in [2.45, 2.75) is 38.3 Å². The topological polar surface area (TPSA) is 54.0 Å². The number of nitrogens with one attached hydrogen (secondary N) is 1. The van der Waals surface area contributed by atoms with Crippen LogP contribution < -0.4 is 15.1 Å². The summed E-state index contributed by atoms with van der Waals surface area (Å²) in [6, 6.07) is 27.9. The molecule has 39 heavy (non-hydrogen) atoms. The van der Waals surface area contributed by atoms with Crippen LogP contribution in [0.3, 0.4) is 0 Å². The van der Waals surface area contributed by atoms with Crippen LogP contribution in [0.25, 0.3) is 0 Å². The van der Waals surface area contributed by atoms with Gasteiger partial charge < -0.3 is 9.64 Å². The van der Waals surface area contributed by atoms with E-state index < -0.39 is 0 Å². The van der Waals surface area contributed by atoms with Gasteiger partial charge in [0.15, 0.2) is 0 Å². The van der Waals surface area contributed by atoms with Gasteiger partial charge in [0.25, 0.3) is 5.91 Å². The SMILES string of the molecule is C=C(C=C1C(=O)N(c2ccc(OC)cc2)C1c1ccccc1)NOCCCCCCN(C)Cc1ccccc1. The molecular weight excluding hydrogens is 486 g/mol. The van der Waals surface area contributed by atoms with Crippen molar-refractivity contribution in [1.82, 2.24) is 10.4 Å².